The van der Waals surface area contributed by atoms with Crippen LogP contribution in [-0.2, 0) is 11.3 Å². The van der Waals surface area contributed by atoms with E-state index in [-0.39, 0.29) is 18.0 Å². The minimum Gasteiger partial charge on any atom is -0.389 e. The highest BCUT2D eigenvalue weighted by molar-refractivity contribution is 6.01. The zero-order valence-electron chi connectivity index (χ0n) is 16.1. The lowest BCUT2D eigenvalue weighted by Gasteiger charge is -2.21. The average Bonchev–Trinajstić information content (AvgIpc) is 3.19. The maximum Gasteiger partial charge on any atom is 0.258 e. The molecule has 144 valence electrons. The molecule has 2 bridgehead atoms. The van der Waals surface area contributed by atoms with Gasteiger partial charge in [0.05, 0.1) is 12.1 Å². The van der Waals surface area contributed by atoms with Crippen LogP contribution in [-0.4, -0.2) is 21.2 Å². The Morgan fingerprint density at radius 3 is 2.70 bits per heavy atom. The fourth-order valence-corrected chi connectivity index (χ4v) is 5.03. The smallest absolute Gasteiger partial charge is 0.258 e. The summed E-state index contributed by atoms with van der Waals surface area (Å²) in [4.78, 5) is 25.3. The molecule has 0 spiro atoms. The van der Waals surface area contributed by atoms with E-state index in [9.17, 15) is 14.7 Å². The monoisotopic (exact) mass is 368 g/mol. The number of pyridine rings is 1. The van der Waals surface area contributed by atoms with E-state index >= 15 is 0 Å². The van der Waals surface area contributed by atoms with Crippen LogP contribution in [0.25, 0.3) is 10.8 Å². The first kappa shape index (κ1) is 18.2. The summed E-state index contributed by atoms with van der Waals surface area (Å²) in [5.41, 5.74) is -0.434. The summed E-state index contributed by atoms with van der Waals surface area (Å²) < 4.78 is 1.52. The Kier molecular flexibility index (Phi) is 4.58. The molecule has 1 aromatic carbocycles. The number of benzene rings is 1. The molecule has 2 aliphatic carbocycles. The number of amides is 1. The number of nitrogens with zero attached hydrogens (tertiary/aromatic N) is 1. The van der Waals surface area contributed by atoms with Crippen LogP contribution in [0.3, 0.4) is 0 Å². The maximum atomic E-state index is 12.7. The summed E-state index contributed by atoms with van der Waals surface area (Å²) in [6.07, 6.45) is 7.37. The van der Waals surface area contributed by atoms with Crippen LogP contribution >= 0.6 is 0 Å². The Hall–Kier alpha value is -2.14. The van der Waals surface area contributed by atoms with Crippen molar-refractivity contribution in [2.75, 3.05) is 5.32 Å². The van der Waals surface area contributed by atoms with Gasteiger partial charge in [0.15, 0.2) is 0 Å². The normalized spacial score (nSPS) is 24.5. The lowest BCUT2D eigenvalue weighted by atomic mass is 9.86. The van der Waals surface area contributed by atoms with Crippen molar-refractivity contribution in [2.24, 2.45) is 17.8 Å². The first-order valence-electron chi connectivity index (χ1n) is 9.94. The van der Waals surface area contributed by atoms with Gasteiger partial charge >= 0.3 is 0 Å². The molecule has 0 radical (unpaired) electrons. The van der Waals surface area contributed by atoms with E-state index in [1.165, 1.54) is 30.3 Å². The molecule has 1 unspecified atom stereocenters. The molecule has 1 heterocycles. The third-order valence-corrected chi connectivity index (χ3v) is 6.18. The summed E-state index contributed by atoms with van der Waals surface area (Å²) in [5.74, 6) is 2.12. The molecule has 1 amide bonds. The standard InChI is InChI=1S/C22H28N2O3/c1-22(2,27)13-24-9-8-17-18(21(24)26)4-3-5-19(17)23-20(25)12-16-11-14-6-7-15(16)10-14/h3-5,8-9,14-16,27H,6-7,10-13H2,1-2H3,(H,23,25)/t14-,15-,16?/m0/s1. The molecule has 5 nitrogen and oxygen atoms in total. The average molecular weight is 368 g/mol. The van der Waals surface area contributed by atoms with Crippen molar-refractivity contribution in [3.63, 3.8) is 0 Å². The second-order valence-corrected chi connectivity index (χ2v) is 9.02. The molecule has 27 heavy (non-hydrogen) atoms. The Balaban J connectivity index is 1.54. The first-order valence-corrected chi connectivity index (χ1v) is 9.94. The lowest BCUT2D eigenvalue weighted by molar-refractivity contribution is -0.117. The number of hydrogen-bond donors (Lipinski definition) is 2. The van der Waals surface area contributed by atoms with Gasteiger partial charge in [0.25, 0.3) is 5.56 Å². The fourth-order valence-electron chi connectivity index (χ4n) is 5.03. The van der Waals surface area contributed by atoms with Crippen molar-refractivity contribution < 1.29 is 9.90 Å². The van der Waals surface area contributed by atoms with Crippen molar-refractivity contribution in [3.05, 3.63) is 40.8 Å². The van der Waals surface area contributed by atoms with E-state index in [0.717, 1.165) is 17.2 Å². The molecular weight excluding hydrogens is 340 g/mol. The van der Waals surface area contributed by atoms with Gasteiger partial charge in [0.1, 0.15) is 0 Å². The Bertz CT molecular complexity index is 925. The second kappa shape index (κ2) is 6.79. The minimum atomic E-state index is -0.968. The predicted molar refractivity (Wildman–Crippen MR) is 107 cm³/mol. The maximum absolute atomic E-state index is 12.7. The van der Waals surface area contributed by atoms with Gasteiger partial charge in [0.2, 0.25) is 5.91 Å². The van der Waals surface area contributed by atoms with Crippen LogP contribution in [0.1, 0.15) is 46.0 Å². The summed E-state index contributed by atoms with van der Waals surface area (Å²) in [5, 5.41) is 14.3. The quantitative estimate of drug-likeness (QED) is 0.848. The van der Waals surface area contributed by atoms with Crippen LogP contribution < -0.4 is 10.9 Å². The molecule has 2 fully saturated rings. The van der Waals surface area contributed by atoms with Crippen molar-refractivity contribution >= 4 is 22.4 Å². The largest absolute Gasteiger partial charge is 0.389 e. The fraction of sp³-hybridized carbons (Fsp3) is 0.545. The molecule has 2 saturated carbocycles. The number of rotatable bonds is 5. The summed E-state index contributed by atoms with van der Waals surface area (Å²) in [6, 6.07) is 7.26. The third-order valence-electron chi connectivity index (χ3n) is 6.18. The summed E-state index contributed by atoms with van der Waals surface area (Å²) in [6.45, 7) is 3.58. The number of aliphatic hydroxyl groups is 1. The first-order chi connectivity index (χ1) is 12.8. The van der Waals surface area contributed by atoms with E-state index in [4.69, 9.17) is 0 Å². The Labute approximate surface area is 159 Å². The van der Waals surface area contributed by atoms with Gasteiger partial charge in [-0.1, -0.05) is 12.5 Å². The summed E-state index contributed by atoms with van der Waals surface area (Å²) in [7, 11) is 0. The lowest BCUT2D eigenvalue weighted by Crippen LogP contribution is -2.32. The highest BCUT2D eigenvalue weighted by Gasteiger charge is 2.40. The van der Waals surface area contributed by atoms with E-state index < -0.39 is 5.60 Å². The molecule has 3 atom stereocenters. The van der Waals surface area contributed by atoms with Crippen LogP contribution in [0.2, 0.25) is 0 Å². The van der Waals surface area contributed by atoms with Gasteiger partial charge in [-0.05, 0) is 69.1 Å². The van der Waals surface area contributed by atoms with Crippen LogP contribution in [0.15, 0.2) is 35.3 Å². The van der Waals surface area contributed by atoms with Crippen LogP contribution in [0, 0.1) is 17.8 Å². The van der Waals surface area contributed by atoms with E-state index in [1.807, 2.05) is 12.1 Å². The molecule has 2 aliphatic rings. The molecule has 5 heteroatoms. The Morgan fingerprint density at radius 2 is 2.04 bits per heavy atom. The third kappa shape index (κ3) is 3.79. The highest BCUT2D eigenvalue weighted by Crippen LogP contribution is 2.49. The second-order valence-electron chi connectivity index (χ2n) is 9.02. The molecule has 0 aliphatic heterocycles. The van der Waals surface area contributed by atoms with Gasteiger partial charge in [-0.2, -0.15) is 0 Å². The molecule has 0 saturated heterocycles. The van der Waals surface area contributed by atoms with Crippen molar-refractivity contribution in [1.82, 2.24) is 4.57 Å². The van der Waals surface area contributed by atoms with Gasteiger partial charge in [-0.3, -0.25) is 9.59 Å². The SMILES string of the molecule is CC(C)(O)Cn1ccc2c(NC(=O)CC3C[C@H]4CC[C@H]3C4)cccc2c1=O. The van der Waals surface area contributed by atoms with Crippen LogP contribution in [0.4, 0.5) is 5.69 Å². The predicted octanol–water partition coefficient (Wildman–Crippen LogP) is 3.54. The topological polar surface area (TPSA) is 71.3 Å². The van der Waals surface area contributed by atoms with Crippen molar-refractivity contribution in [2.45, 2.75) is 58.1 Å². The van der Waals surface area contributed by atoms with E-state index in [2.05, 4.69) is 5.32 Å². The van der Waals surface area contributed by atoms with Gasteiger partial charge in [0, 0.05) is 29.1 Å². The number of carbonyl (C=O) groups excluding carboxylic acids is 1. The van der Waals surface area contributed by atoms with Gasteiger partial charge in [-0.25, -0.2) is 0 Å². The molecule has 4 rings (SSSR count). The number of carbonyl (C=O) groups is 1. The minimum absolute atomic E-state index is 0.0423. The van der Waals surface area contributed by atoms with E-state index in [1.54, 1.807) is 32.2 Å². The number of hydrogen-bond acceptors (Lipinski definition) is 3. The van der Waals surface area contributed by atoms with Crippen LogP contribution in [0.5, 0.6) is 0 Å². The number of aromatic nitrogens is 1. The van der Waals surface area contributed by atoms with Crippen molar-refractivity contribution in [3.8, 4) is 0 Å². The van der Waals surface area contributed by atoms with E-state index in [0.29, 0.717) is 23.4 Å². The molecule has 1 aromatic heterocycles. The zero-order valence-corrected chi connectivity index (χ0v) is 16.1. The number of nitrogens with one attached hydrogen (secondary N) is 1. The molecule has 2 aromatic rings. The summed E-state index contributed by atoms with van der Waals surface area (Å²) >= 11 is 0. The van der Waals surface area contributed by atoms with Gasteiger partial charge in [-0.15, -0.1) is 0 Å². The van der Waals surface area contributed by atoms with Gasteiger partial charge < -0.3 is 15.0 Å². The number of fused-ring (bicyclic) bond motifs is 3. The Morgan fingerprint density at radius 1 is 1.22 bits per heavy atom. The molecular formula is C22H28N2O3. The number of anilines is 1. The zero-order chi connectivity index (χ0) is 19.2. The molecule has 2 N–H and O–H groups in total. The van der Waals surface area contributed by atoms with Crippen molar-refractivity contribution in [1.29, 1.82) is 0 Å². The highest BCUT2D eigenvalue weighted by atomic mass is 16.3.